The van der Waals surface area contributed by atoms with Gasteiger partial charge in [0, 0.05) is 24.8 Å². The standard InChI is InChI=1S/C30H33FN2O2S/c31-26-17-15-25(16-18-26)21-36-22-29(34)33(20-24-11-5-2-6-12-24)28(19-23-9-3-1-4-10-23)30(35)32-27-13-7-8-14-27/h1-6,9-12,15-18,27-28H,7-8,13-14,19-22H2,(H,32,35)/t28-/m0/s1. The van der Waals surface area contributed by atoms with Crippen molar-refractivity contribution >= 4 is 23.6 Å². The Balaban J connectivity index is 1.53. The number of nitrogens with one attached hydrogen (secondary N) is 1. The number of thioether (sulfide) groups is 1. The predicted molar refractivity (Wildman–Crippen MR) is 144 cm³/mol. The lowest BCUT2D eigenvalue weighted by atomic mass is 10.0. The van der Waals surface area contributed by atoms with E-state index in [1.807, 2.05) is 60.7 Å². The number of hydrogen-bond donors (Lipinski definition) is 1. The lowest BCUT2D eigenvalue weighted by molar-refractivity contribution is -0.139. The molecule has 0 unspecified atom stereocenters. The maximum atomic E-state index is 13.6. The molecule has 1 atom stereocenters. The molecule has 1 aliphatic carbocycles. The number of benzene rings is 3. The van der Waals surface area contributed by atoms with Crippen molar-refractivity contribution in [1.29, 1.82) is 0 Å². The van der Waals surface area contributed by atoms with E-state index in [0.29, 0.717) is 18.7 Å². The molecule has 0 radical (unpaired) electrons. The summed E-state index contributed by atoms with van der Waals surface area (Å²) in [5.41, 5.74) is 2.97. The number of nitrogens with zero attached hydrogens (tertiary/aromatic N) is 1. The third-order valence-electron chi connectivity index (χ3n) is 6.58. The maximum absolute atomic E-state index is 13.6. The van der Waals surface area contributed by atoms with Crippen molar-refractivity contribution in [2.24, 2.45) is 0 Å². The van der Waals surface area contributed by atoms with Crippen LogP contribution in [0.3, 0.4) is 0 Å². The summed E-state index contributed by atoms with van der Waals surface area (Å²) in [6.07, 6.45) is 4.69. The molecule has 1 aliphatic rings. The van der Waals surface area contributed by atoms with Crippen molar-refractivity contribution in [2.75, 3.05) is 5.75 Å². The molecule has 0 spiro atoms. The normalized spacial score (nSPS) is 14.4. The molecular weight excluding hydrogens is 471 g/mol. The van der Waals surface area contributed by atoms with Gasteiger partial charge in [-0.05, 0) is 41.7 Å². The highest BCUT2D eigenvalue weighted by atomic mass is 32.2. The molecule has 4 rings (SSSR count). The summed E-state index contributed by atoms with van der Waals surface area (Å²) in [5, 5.41) is 3.23. The molecule has 36 heavy (non-hydrogen) atoms. The Bertz CT molecular complexity index is 1100. The molecule has 3 aromatic carbocycles. The predicted octanol–water partition coefficient (Wildman–Crippen LogP) is 5.76. The zero-order valence-electron chi connectivity index (χ0n) is 20.4. The highest BCUT2D eigenvalue weighted by Crippen LogP contribution is 2.21. The molecule has 0 heterocycles. The summed E-state index contributed by atoms with van der Waals surface area (Å²) < 4.78 is 13.2. The van der Waals surface area contributed by atoms with Gasteiger partial charge in [0.25, 0.3) is 0 Å². The fraction of sp³-hybridized carbons (Fsp3) is 0.333. The van der Waals surface area contributed by atoms with Gasteiger partial charge in [-0.2, -0.15) is 0 Å². The summed E-state index contributed by atoms with van der Waals surface area (Å²) in [7, 11) is 0. The Kier molecular flexibility index (Phi) is 9.56. The van der Waals surface area contributed by atoms with Crippen LogP contribution < -0.4 is 5.32 Å². The fourth-order valence-electron chi connectivity index (χ4n) is 4.62. The fourth-order valence-corrected chi connectivity index (χ4v) is 5.49. The molecule has 3 aromatic rings. The van der Waals surface area contributed by atoms with Crippen LogP contribution in [0.2, 0.25) is 0 Å². The van der Waals surface area contributed by atoms with E-state index in [2.05, 4.69) is 5.32 Å². The van der Waals surface area contributed by atoms with Crippen LogP contribution in [0.15, 0.2) is 84.9 Å². The third-order valence-corrected chi connectivity index (χ3v) is 7.56. The van der Waals surface area contributed by atoms with Crippen molar-refractivity contribution in [3.63, 3.8) is 0 Å². The van der Waals surface area contributed by atoms with E-state index < -0.39 is 6.04 Å². The monoisotopic (exact) mass is 504 g/mol. The Hall–Kier alpha value is -3.12. The molecule has 0 aromatic heterocycles. The highest BCUT2D eigenvalue weighted by Gasteiger charge is 2.32. The molecule has 0 bridgehead atoms. The van der Waals surface area contributed by atoms with Crippen molar-refractivity contribution in [2.45, 2.75) is 56.5 Å². The Morgan fingerprint density at radius 3 is 2.11 bits per heavy atom. The summed E-state index contributed by atoms with van der Waals surface area (Å²) in [4.78, 5) is 29.0. The second-order valence-corrected chi connectivity index (χ2v) is 10.3. The van der Waals surface area contributed by atoms with Crippen LogP contribution in [0.25, 0.3) is 0 Å². The Morgan fingerprint density at radius 1 is 0.861 bits per heavy atom. The van der Waals surface area contributed by atoms with E-state index in [-0.39, 0.29) is 29.4 Å². The third kappa shape index (κ3) is 7.69. The van der Waals surface area contributed by atoms with Gasteiger partial charge in [-0.1, -0.05) is 85.6 Å². The van der Waals surface area contributed by atoms with Gasteiger partial charge in [-0.15, -0.1) is 11.8 Å². The van der Waals surface area contributed by atoms with E-state index in [0.717, 1.165) is 42.4 Å². The van der Waals surface area contributed by atoms with Gasteiger partial charge in [-0.25, -0.2) is 4.39 Å². The Labute approximate surface area is 217 Å². The largest absolute Gasteiger partial charge is 0.352 e. The lowest BCUT2D eigenvalue weighted by Gasteiger charge is -2.32. The summed E-state index contributed by atoms with van der Waals surface area (Å²) in [5.74, 6) is 0.410. The summed E-state index contributed by atoms with van der Waals surface area (Å²) >= 11 is 1.48. The van der Waals surface area contributed by atoms with Crippen LogP contribution in [0.5, 0.6) is 0 Å². The topological polar surface area (TPSA) is 49.4 Å². The molecule has 4 nitrogen and oxygen atoms in total. The van der Waals surface area contributed by atoms with Crippen molar-refractivity contribution in [3.8, 4) is 0 Å². The molecule has 1 N–H and O–H groups in total. The average molecular weight is 505 g/mol. The molecular formula is C30H33FN2O2S. The highest BCUT2D eigenvalue weighted by molar-refractivity contribution is 7.99. The van der Waals surface area contributed by atoms with Crippen LogP contribution in [-0.2, 0) is 28.3 Å². The van der Waals surface area contributed by atoms with E-state index in [4.69, 9.17) is 0 Å². The van der Waals surface area contributed by atoms with Crippen LogP contribution in [-0.4, -0.2) is 34.6 Å². The first-order valence-corrected chi connectivity index (χ1v) is 13.7. The summed E-state index contributed by atoms with van der Waals surface area (Å²) in [6.45, 7) is 0.367. The van der Waals surface area contributed by atoms with Crippen LogP contribution in [0, 0.1) is 5.82 Å². The molecule has 1 fully saturated rings. The first-order valence-electron chi connectivity index (χ1n) is 12.6. The van der Waals surface area contributed by atoms with E-state index in [1.54, 1.807) is 17.0 Å². The van der Waals surface area contributed by atoms with Gasteiger partial charge in [-0.3, -0.25) is 9.59 Å². The zero-order valence-corrected chi connectivity index (χ0v) is 21.3. The number of hydrogen-bond acceptors (Lipinski definition) is 3. The molecule has 188 valence electrons. The van der Waals surface area contributed by atoms with E-state index in [9.17, 15) is 14.0 Å². The number of carbonyl (C=O) groups is 2. The molecule has 1 saturated carbocycles. The minimum absolute atomic E-state index is 0.0755. The van der Waals surface area contributed by atoms with E-state index in [1.165, 1.54) is 23.9 Å². The Morgan fingerprint density at radius 2 is 1.47 bits per heavy atom. The van der Waals surface area contributed by atoms with Gasteiger partial charge in [0.2, 0.25) is 11.8 Å². The van der Waals surface area contributed by atoms with Gasteiger partial charge in [0.1, 0.15) is 11.9 Å². The number of amides is 2. The number of carbonyl (C=O) groups excluding carboxylic acids is 2. The van der Waals surface area contributed by atoms with Gasteiger partial charge >= 0.3 is 0 Å². The van der Waals surface area contributed by atoms with Gasteiger partial charge < -0.3 is 10.2 Å². The quantitative estimate of drug-likeness (QED) is 0.361. The van der Waals surface area contributed by atoms with E-state index >= 15 is 0 Å². The molecule has 2 amide bonds. The first kappa shape index (κ1) is 26.0. The van der Waals surface area contributed by atoms with Crippen LogP contribution in [0.1, 0.15) is 42.4 Å². The molecule has 0 aliphatic heterocycles. The van der Waals surface area contributed by atoms with Crippen molar-refractivity contribution < 1.29 is 14.0 Å². The van der Waals surface area contributed by atoms with Crippen molar-refractivity contribution in [1.82, 2.24) is 10.2 Å². The van der Waals surface area contributed by atoms with Crippen LogP contribution in [0.4, 0.5) is 4.39 Å². The minimum atomic E-state index is -0.605. The SMILES string of the molecule is O=C(NC1CCCC1)[C@H](Cc1ccccc1)N(Cc1ccccc1)C(=O)CSCc1ccc(F)cc1. The molecule has 0 saturated heterocycles. The van der Waals surface area contributed by atoms with Gasteiger partial charge in [0.15, 0.2) is 0 Å². The summed E-state index contributed by atoms with van der Waals surface area (Å²) in [6, 6.07) is 25.6. The number of rotatable bonds is 11. The number of halogens is 1. The maximum Gasteiger partial charge on any atom is 0.243 e. The molecule has 6 heteroatoms. The smallest absolute Gasteiger partial charge is 0.243 e. The van der Waals surface area contributed by atoms with Crippen molar-refractivity contribution in [3.05, 3.63) is 107 Å². The first-order chi connectivity index (χ1) is 17.6. The van der Waals surface area contributed by atoms with Crippen LogP contribution >= 0.6 is 11.8 Å². The second kappa shape index (κ2) is 13.3. The zero-order chi connectivity index (χ0) is 25.2. The second-order valence-electron chi connectivity index (χ2n) is 9.32. The average Bonchev–Trinajstić information content (AvgIpc) is 3.41. The lowest BCUT2D eigenvalue weighted by Crippen LogP contribution is -2.52. The minimum Gasteiger partial charge on any atom is -0.352 e. The van der Waals surface area contributed by atoms with Gasteiger partial charge in [0.05, 0.1) is 5.75 Å².